The number of carbonyl (C=O) groups is 3. The van der Waals surface area contributed by atoms with Crippen molar-refractivity contribution in [3.63, 3.8) is 0 Å². The summed E-state index contributed by atoms with van der Waals surface area (Å²) in [6.07, 6.45) is -0.129. The largest absolute Gasteiger partial charge is 0.481 e. The van der Waals surface area contributed by atoms with E-state index in [-0.39, 0.29) is 18.2 Å². The van der Waals surface area contributed by atoms with Gasteiger partial charge in [-0.15, -0.1) is 11.3 Å². The Morgan fingerprint density at radius 3 is 2.61 bits per heavy atom. The normalized spacial score (nSPS) is 11.7. The molecule has 0 saturated heterocycles. The first-order valence-electron chi connectivity index (χ1n) is 5.28. The number of hydrogen-bond acceptors (Lipinski definition) is 4. The standard InChI is InChI=1S/C11H14N2O4S/c1-6(5-10(15)16)12-11(17)8-3-4-9(18-8)13-7(2)14/h3-4,6H,5H2,1-2H3,(H,12,17)(H,13,14)(H,15,16). The van der Waals surface area contributed by atoms with E-state index in [1.54, 1.807) is 19.1 Å². The van der Waals surface area contributed by atoms with E-state index in [4.69, 9.17) is 5.11 Å². The highest BCUT2D eigenvalue weighted by Gasteiger charge is 2.14. The van der Waals surface area contributed by atoms with Crippen LogP contribution in [0.2, 0.25) is 0 Å². The highest BCUT2D eigenvalue weighted by molar-refractivity contribution is 7.18. The predicted molar refractivity (Wildman–Crippen MR) is 67.8 cm³/mol. The maximum Gasteiger partial charge on any atom is 0.305 e. The first-order chi connectivity index (χ1) is 8.38. The van der Waals surface area contributed by atoms with Gasteiger partial charge in [0.2, 0.25) is 5.91 Å². The molecule has 18 heavy (non-hydrogen) atoms. The molecule has 1 aromatic heterocycles. The highest BCUT2D eigenvalue weighted by Crippen LogP contribution is 2.21. The monoisotopic (exact) mass is 270 g/mol. The Kier molecular flexibility index (Phi) is 4.85. The predicted octanol–water partition coefficient (Wildman–Crippen LogP) is 1.30. The maximum atomic E-state index is 11.7. The Bertz CT molecular complexity index is 469. The molecule has 7 heteroatoms. The minimum Gasteiger partial charge on any atom is -0.481 e. The Morgan fingerprint density at radius 1 is 1.39 bits per heavy atom. The third-order valence-corrected chi connectivity index (χ3v) is 2.99. The summed E-state index contributed by atoms with van der Waals surface area (Å²) in [5.41, 5.74) is 0. The van der Waals surface area contributed by atoms with Crippen LogP contribution in [0.25, 0.3) is 0 Å². The van der Waals surface area contributed by atoms with Crippen molar-refractivity contribution in [2.24, 2.45) is 0 Å². The molecule has 1 rings (SSSR count). The molecule has 0 aliphatic carbocycles. The molecule has 1 aromatic rings. The molecule has 2 amide bonds. The van der Waals surface area contributed by atoms with Gasteiger partial charge in [0, 0.05) is 13.0 Å². The number of thiophene rings is 1. The average Bonchev–Trinajstić information content (AvgIpc) is 2.63. The van der Waals surface area contributed by atoms with Crippen molar-refractivity contribution in [3.05, 3.63) is 17.0 Å². The summed E-state index contributed by atoms with van der Waals surface area (Å²) in [6, 6.07) is 2.77. The van der Waals surface area contributed by atoms with Crippen molar-refractivity contribution in [3.8, 4) is 0 Å². The van der Waals surface area contributed by atoms with E-state index >= 15 is 0 Å². The van der Waals surface area contributed by atoms with Crippen LogP contribution in [0, 0.1) is 0 Å². The zero-order valence-corrected chi connectivity index (χ0v) is 10.8. The number of nitrogens with one attached hydrogen (secondary N) is 2. The van der Waals surface area contributed by atoms with Gasteiger partial charge in [-0.05, 0) is 19.1 Å². The first-order valence-corrected chi connectivity index (χ1v) is 6.10. The molecule has 1 atom stereocenters. The van der Waals surface area contributed by atoms with Crippen molar-refractivity contribution < 1.29 is 19.5 Å². The summed E-state index contributed by atoms with van der Waals surface area (Å²) in [7, 11) is 0. The number of hydrogen-bond donors (Lipinski definition) is 3. The second-order valence-corrected chi connectivity index (χ2v) is 4.90. The maximum absolute atomic E-state index is 11.7. The molecule has 0 aromatic carbocycles. The molecule has 0 aliphatic heterocycles. The summed E-state index contributed by atoms with van der Waals surface area (Å²) in [4.78, 5) is 33.4. The summed E-state index contributed by atoms with van der Waals surface area (Å²) in [6.45, 7) is 3.00. The van der Waals surface area contributed by atoms with Gasteiger partial charge in [0.05, 0.1) is 16.3 Å². The molecule has 98 valence electrons. The fraction of sp³-hybridized carbons (Fsp3) is 0.364. The molecule has 1 heterocycles. The van der Waals surface area contributed by atoms with Crippen LogP contribution < -0.4 is 10.6 Å². The van der Waals surface area contributed by atoms with Gasteiger partial charge in [-0.2, -0.15) is 0 Å². The number of carboxylic acids is 1. The number of anilines is 1. The lowest BCUT2D eigenvalue weighted by molar-refractivity contribution is -0.137. The van der Waals surface area contributed by atoms with E-state index in [0.717, 1.165) is 11.3 Å². The van der Waals surface area contributed by atoms with Crippen LogP contribution in [-0.2, 0) is 9.59 Å². The number of aliphatic carboxylic acids is 1. The van der Waals surface area contributed by atoms with Gasteiger partial charge in [0.25, 0.3) is 5.91 Å². The van der Waals surface area contributed by atoms with Crippen molar-refractivity contribution in [1.82, 2.24) is 5.32 Å². The van der Waals surface area contributed by atoms with Crippen LogP contribution in [0.15, 0.2) is 12.1 Å². The first kappa shape index (κ1) is 14.2. The highest BCUT2D eigenvalue weighted by atomic mass is 32.1. The molecule has 1 unspecified atom stereocenters. The molecule has 0 saturated carbocycles. The van der Waals surface area contributed by atoms with E-state index < -0.39 is 12.0 Å². The van der Waals surface area contributed by atoms with E-state index in [1.165, 1.54) is 6.92 Å². The van der Waals surface area contributed by atoms with Crippen molar-refractivity contribution in [2.45, 2.75) is 26.3 Å². The average molecular weight is 270 g/mol. The fourth-order valence-corrected chi connectivity index (χ4v) is 2.16. The fourth-order valence-electron chi connectivity index (χ4n) is 1.31. The lowest BCUT2D eigenvalue weighted by Gasteiger charge is -2.10. The molecule has 0 bridgehead atoms. The van der Waals surface area contributed by atoms with E-state index in [1.807, 2.05) is 0 Å². The van der Waals surface area contributed by atoms with E-state index in [0.29, 0.717) is 9.88 Å². The summed E-state index contributed by atoms with van der Waals surface area (Å²) < 4.78 is 0. The van der Waals surface area contributed by atoms with Gasteiger partial charge in [0.15, 0.2) is 0 Å². The summed E-state index contributed by atoms with van der Waals surface area (Å²) in [5, 5.41) is 14.3. The van der Waals surface area contributed by atoms with Gasteiger partial charge < -0.3 is 15.7 Å². The Hall–Kier alpha value is -1.89. The minimum atomic E-state index is -0.965. The second-order valence-electron chi connectivity index (χ2n) is 3.82. The molecule has 3 N–H and O–H groups in total. The zero-order valence-electron chi connectivity index (χ0n) is 10.0. The number of carbonyl (C=O) groups excluding carboxylic acids is 2. The number of rotatable bonds is 5. The minimum absolute atomic E-state index is 0.129. The Balaban J connectivity index is 2.59. The summed E-state index contributed by atoms with van der Waals surface area (Å²) in [5.74, 6) is -1.51. The molecular formula is C11H14N2O4S. The Morgan fingerprint density at radius 2 is 2.06 bits per heavy atom. The van der Waals surface area contributed by atoms with Crippen LogP contribution in [0.4, 0.5) is 5.00 Å². The van der Waals surface area contributed by atoms with Crippen LogP contribution in [0.5, 0.6) is 0 Å². The Labute approximate surface area is 108 Å². The van der Waals surface area contributed by atoms with Gasteiger partial charge in [-0.1, -0.05) is 0 Å². The van der Waals surface area contributed by atoms with Gasteiger partial charge in [0.1, 0.15) is 0 Å². The van der Waals surface area contributed by atoms with E-state index in [9.17, 15) is 14.4 Å². The van der Waals surface area contributed by atoms with Crippen LogP contribution >= 0.6 is 11.3 Å². The molecule has 0 fully saturated rings. The van der Waals surface area contributed by atoms with E-state index in [2.05, 4.69) is 10.6 Å². The van der Waals surface area contributed by atoms with Gasteiger partial charge in [-0.3, -0.25) is 14.4 Å². The molecule has 0 spiro atoms. The molecule has 0 radical (unpaired) electrons. The lowest BCUT2D eigenvalue weighted by atomic mass is 10.2. The van der Waals surface area contributed by atoms with Gasteiger partial charge in [-0.25, -0.2) is 0 Å². The van der Waals surface area contributed by atoms with Crippen LogP contribution in [0.3, 0.4) is 0 Å². The molecule has 0 aliphatic rings. The smallest absolute Gasteiger partial charge is 0.305 e. The van der Waals surface area contributed by atoms with Crippen LogP contribution in [-0.4, -0.2) is 28.9 Å². The number of carboxylic acid groups (broad SMARTS) is 1. The topological polar surface area (TPSA) is 95.5 Å². The van der Waals surface area contributed by atoms with Crippen LogP contribution in [0.1, 0.15) is 29.9 Å². The quantitative estimate of drug-likeness (QED) is 0.751. The lowest BCUT2D eigenvalue weighted by Crippen LogP contribution is -2.33. The number of amides is 2. The third kappa shape index (κ3) is 4.54. The van der Waals surface area contributed by atoms with Crippen molar-refractivity contribution >= 4 is 34.1 Å². The second kappa shape index (κ2) is 6.15. The SMILES string of the molecule is CC(=O)Nc1ccc(C(=O)NC(C)CC(=O)O)s1. The van der Waals surface area contributed by atoms with Crippen molar-refractivity contribution in [2.75, 3.05) is 5.32 Å². The zero-order chi connectivity index (χ0) is 13.7. The third-order valence-electron chi connectivity index (χ3n) is 1.99. The van der Waals surface area contributed by atoms with Crippen molar-refractivity contribution in [1.29, 1.82) is 0 Å². The molecule has 6 nitrogen and oxygen atoms in total. The van der Waals surface area contributed by atoms with Gasteiger partial charge >= 0.3 is 5.97 Å². The summed E-state index contributed by atoms with van der Waals surface area (Å²) >= 11 is 1.14. The molecular weight excluding hydrogens is 256 g/mol.